The normalized spacial score (nSPS) is 11.9. The number of hydrogen-bond donors (Lipinski definition) is 2. The lowest BCUT2D eigenvalue weighted by molar-refractivity contribution is -0.385. The highest BCUT2D eigenvalue weighted by Gasteiger charge is 2.14. The SMILES string of the molecule is COc1cccc(CC(C)C(=O)N/N=C/c2ccc(O)c([N+](=O)[O-])c2)c1. The van der Waals surface area contributed by atoms with Gasteiger partial charge in [0, 0.05) is 17.5 Å². The number of carbonyl (C=O) groups excluding carboxylic acids is 1. The molecule has 0 radical (unpaired) electrons. The molecule has 0 aliphatic heterocycles. The number of rotatable bonds is 7. The molecule has 0 bridgehead atoms. The minimum absolute atomic E-state index is 0.280. The van der Waals surface area contributed by atoms with Gasteiger partial charge in [0.15, 0.2) is 5.75 Å². The molecule has 0 aliphatic carbocycles. The van der Waals surface area contributed by atoms with Crippen LogP contribution in [0.3, 0.4) is 0 Å². The molecule has 136 valence electrons. The van der Waals surface area contributed by atoms with Gasteiger partial charge in [0.25, 0.3) is 0 Å². The number of nitro benzene ring substituents is 1. The fourth-order valence-corrected chi connectivity index (χ4v) is 2.29. The average molecular weight is 357 g/mol. The summed E-state index contributed by atoms with van der Waals surface area (Å²) in [5.74, 6) is -0.309. The van der Waals surface area contributed by atoms with E-state index in [1.807, 2.05) is 24.3 Å². The number of hydrogen-bond acceptors (Lipinski definition) is 6. The molecule has 1 unspecified atom stereocenters. The molecule has 1 amide bonds. The van der Waals surface area contributed by atoms with Crippen molar-refractivity contribution in [3.05, 3.63) is 63.7 Å². The van der Waals surface area contributed by atoms with Gasteiger partial charge in [-0.25, -0.2) is 5.43 Å². The van der Waals surface area contributed by atoms with Gasteiger partial charge in [0.05, 0.1) is 18.2 Å². The van der Waals surface area contributed by atoms with E-state index in [9.17, 15) is 20.0 Å². The van der Waals surface area contributed by atoms with Crippen LogP contribution < -0.4 is 10.2 Å². The first-order valence-corrected chi connectivity index (χ1v) is 7.84. The predicted molar refractivity (Wildman–Crippen MR) is 96.4 cm³/mol. The molecule has 2 aromatic carbocycles. The van der Waals surface area contributed by atoms with Crippen LogP contribution in [0.4, 0.5) is 5.69 Å². The van der Waals surface area contributed by atoms with Crippen molar-refractivity contribution in [2.75, 3.05) is 7.11 Å². The van der Waals surface area contributed by atoms with Crippen LogP contribution in [-0.2, 0) is 11.2 Å². The molecule has 0 heterocycles. The van der Waals surface area contributed by atoms with Crippen molar-refractivity contribution in [3.8, 4) is 11.5 Å². The molecule has 0 saturated carbocycles. The zero-order valence-corrected chi connectivity index (χ0v) is 14.4. The maximum Gasteiger partial charge on any atom is 0.311 e. The van der Waals surface area contributed by atoms with E-state index < -0.39 is 16.4 Å². The Bertz CT molecular complexity index is 835. The molecule has 2 rings (SSSR count). The molecule has 0 spiro atoms. The van der Waals surface area contributed by atoms with E-state index in [1.165, 1.54) is 24.4 Å². The summed E-state index contributed by atoms with van der Waals surface area (Å²) in [5.41, 5.74) is 3.33. The molecule has 0 aromatic heterocycles. The third kappa shape index (κ3) is 5.04. The highest BCUT2D eigenvalue weighted by atomic mass is 16.6. The number of phenolic OH excluding ortho intramolecular Hbond substituents is 1. The Kier molecular flexibility index (Phi) is 6.26. The molecule has 0 fully saturated rings. The lowest BCUT2D eigenvalue weighted by Crippen LogP contribution is -2.26. The minimum Gasteiger partial charge on any atom is -0.502 e. The summed E-state index contributed by atoms with van der Waals surface area (Å²) in [6.07, 6.45) is 1.80. The molecule has 2 N–H and O–H groups in total. The molecular formula is C18H19N3O5. The van der Waals surface area contributed by atoms with E-state index in [4.69, 9.17) is 4.74 Å². The Morgan fingerprint density at radius 1 is 1.38 bits per heavy atom. The third-order valence-corrected chi connectivity index (χ3v) is 3.71. The number of amides is 1. The lowest BCUT2D eigenvalue weighted by atomic mass is 10.0. The number of nitrogens with zero attached hydrogens (tertiary/aromatic N) is 2. The van der Waals surface area contributed by atoms with Crippen LogP contribution in [-0.4, -0.2) is 29.3 Å². The van der Waals surface area contributed by atoms with E-state index in [1.54, 1.807) is 14.0 Å². The van der Waals surface area contributed by atoms with Gasteiger partial charge in [-0.2, -0.15) is 5.10 Å². The zero-order chi connectivity index (χ0) is 19.1. The number of phenols is 1. The molecule has 8 nitrogen and oxygen atoms in total. The van der Waals surface area contributed by atoms with Crippen molar-refractivity contribution in [1.82, 2.24) is 5.43 Å². The maximum absolute atomic E-state index is 12.1. The van der Waals surface area contributed by atoms with E-state index in [-0.39, 0.29) is 11.8 Å². The van der Waals surface area contributed by atoms with Crippen LogP contribution in [0.1, 0.15) is 18.1 Å². The topological polar surface area (TPSA) is 114 Å². The number of benzene rings is 2. The summed E-state index contributed by atoms with van der Waals surface area (Å²) in [5, 5.41) is 24.0. The van der Waals surface area contributed by atoms with Gasteiger partial charge in [-0.05, 0) is 36.2 Å². The molecule has 1 atom stereocenters. The first-order chi connectivity index (χ1) is 12.4. The van der Waals surface area contributed by atoms with Crippen LogP contribution >= 0.6 is 0 Å². The van der Waals surface area contributed by atoms with Crippen molar-refractivity contribution in [2.45, 2.75) is 13.3 Å². The number of carbonyl (C=O) groups is 1. The Labute approximate surface area is 150 Å². The van der Waals surface area contributed by atoms with Gasteiger partial charge >= 0.3 is 5.69 Å². The minimum atomic E-state index is -0.693. The van der Waals surface area contributed by atoms with Crippen LogP contribution in [0, 0.1) is 16.0 Å². The van der Waals surface area contributed by atoms with E-state index in [0.717, 1.165) is 11.3 Å². The summed E-state index contributed by atoms with van der Waals surface area (Å²) in [6.45, 7) is 1.77. The fraction of sp³-hybridized carbons (Fsp3) is 0.222. The quantitative estimate of drug-likeness (QED) is 0.449. The number of methoxy groups -OCH3 is 1. The van der Waals surface area contributed by atoms with Gasteiger partial charge in [-0.3, -0.25) is 14.9 Å². The summed E-state index contributed by atoms with van der Waals surface area (Å²) in [6, 6.07) is 11.3. The standard InChI is InChI=1S/C18H19N3O5/c1-12(8-13-4-3-5-15(9-13)26-2)18(23)20-19-11-14-6-7-17(22)16(10-14)21(24)25/h3-7,9-12,22H,8H2,1-2H3,(H,20,23)/b19-11+. The smallest absolute Gasteiger partial charge is 0.311 e. The van der Waals surface area contributed by atoms with E-state index in [0.29, 0.717) is 12.0 Å². The zero-order valence-electron chi connectivity index (χ0n) is 14.4. The second-order valence-corrected chi connectivity index (χ2v) is 5.70. The molecular weight excluding hydrogens is 338 g/mol. The van der Waals surface area contributed by atoms with Gasteiger partial charge in [-0.1, -0.05) is 19.1 Å². The van der Waals surface area contributed by atoms with Gasteiger partial charge < -0.3 is 9.84 Å². The monoisotopic (exact) mass is 357 g/mol. The van der Waals surface area contributed by atoms with Crippen LogP contribution in [0.2, 0.25) is 0 Å². The molecule has 26 heavy (non-hydrogen) atoms. The predicted octanol–water partition coefficient (Wildman–Crippen LogP) is 2.64. The summed E-state index contributed by atoms with van der Waals surface area (Å²) in [7, 11) is 1.58. The van der Waals surface area contributed by atoms with Crippen molar-refractivity contribution >= 4 is 17.8 Å². The van der Waals surface area contributed by atoms with Gasteiger partial charge in [0.2, 0.25) is 5.91 Å². The summed E-state index contributed by atoms with van der Waals surface area (Å²) >= 11 is 0. The molecule has 0 aliphatic rings. The summed E-state index contributed by atoms with van der Waals surface area (Å²) in [4.78, 5) is 22.2. The Morgan fingerprint density at radius 3 is 2.85 bits per heavy atom. The van der Waals surface area contributed by atoms with Crippen LogP contribution in [0.25, 0.3) is 0 Å². The van der Waals surface area contributed by atoms with Crippen LogP contribution in [0.15, 0.2) is 47.6 Å². The Hall–Kier alpha value is -3.42. The number of ether oxygens (including phenoxy) is 1. The van der Waals surface area contributed by atoms with E-state index in [2.05, 4.69) is 10.5 Å². The Balaban J connectivity index is 1.95. The number of nitro groups is 1. The van der Waals surface area contributed by atoms with Crippen molar-refractivity contribution in [2.24, 2.45) is 11.0 Å². The second kappa shape index (κ2) is 8.61. The second-order valence-electron chi connectivity index (χ2n) is 5.70. The number of hydrazone groups is 1. The van der Waals surface area contributed by atoms with Crippen molar-refractivity contribution in [1.29, 1.82) is 0 Å². The van der Waals surface area contributed by atoms with Gasteiger partial charge in [-0.15, -0.1) is 0 Å². The Morgan fingerprint density at radius 2 is 2.15 bits per heavy atom. The first-order valence-electron chi connectivity index (χ1n) is 7.84. The van der Waals surface area contributed by atoms with Crippen molar-refractivity contribution in [3.63, 3.8) is 0 Å². The first kappa shape index (κ1) is 18.9. The number of nitrogens with one attached hydrogen (secondary N) is 1. The van der Waals surface area contributed by atoms with Crippen molar-refractivity contribution < 1.29 is 19.6 Å². The average Bonchev–Trinajstić information content (AvgIpc) is 2.62. The number of aromatic hydroxyl groups is 1. The van der Waals surface area contributed by atoms with E-state index >= 15 is 0 Å². The highest BCUT2D eigenvalue weighted by Crippen LogP contribution is 2.25. The molecule has 2 aromatic rings. The largest absolute Gasteiger partial charge is 0.502 e. The molecule has 8 heteroatoms. The summed E-state index contributed by atoms with van der Waals surface area (Å²) < 4.78 is 5.16. The lowest BCUT2D eigenvalue weighted by Gasteiger charge is -2.10. The molecule has 0 saturated heterocycles. The fourth-order valence-electron chi connectivity index (χ4n) is 2.29. The maximum atomic E-state index is 12.1. The highest BCUT2D eigenvalue weighted by molar-refractivity contribution is 5.84. The van der Waals surface area contributed by atoms with Crippen LogP contribution in [0.5, 0.6) is 11.5 Å². The third-order valence-electron chi connectivity index (χ3n) is 3.71. The van der Waals surface area contributed by atoms with Gasteiger partial charge in [0.1, 0.15) is 5.75 Å².